The molecule has 1 fully saturated rings. The van der Waals surface area contributed by atoms with Crippen LogP contribution in [0, 0.1) is 10.1 Å². The topological polar surface area (TPSA) is 83.7 Å². The Hall–Kier alpha value is -2.21. The van der Waals surface area contributed by atoms with Gasteiger partial charge < -0.3 is 10.0 Å². The van der Waals surface area contributed by atoms with Crippen LogP contribution < -0.4 is 0 Å². The molecule has 1 aromatic carbocycles. The molecular formula is C14H16N2O4. The van der Waals surface area contributed by atoms with E-state index in [1.54, 1.807) is 23.1 Å². The van der Waals surface area contributed by atoms with Crippen molar-refractivity contribution >= 4 is 17.7 Å². The van der Waals surface area contributed by atoms with Crippen LogP contribution in [0.2, 0.25) is 0 Å². The van der Waals surface area contributed by atoms with Crippen molar-refractivity contribution < 1.29 is 14.8 Å². The van der Waals surface area contributed by atoms with Crippen LogP contribution in [0.3, 0.4) is 0 Å². The van der Waals surface area contributed by atoms with Gasteiger partial charge in [0.05, 0.1) is 11.0 Å². The lowest BCUT2D eigenvalue weighted by Crippen LogP contribution is -2.41. The normalized spacial score (nSPS) is 19.2. The van der Waals surface area contributed by atoms with Gasteiger partial charge in [0.25, 0.3) is 5.69 Å². The molecule has 1 aromatic rings. The van der Waals surface area contributed by atoms with E-state index in [2.05, 4.69) is 0 Å². The van der Waals surface area contributed by atoms with E-state index in [9.17, 15) is 20.0 Å². The summed E-state index contributed by atoms with van der Waals surface area (Å²) in [5, 5.41) is 20.2. The van der Waals surface area contributed by atoms with Crippen molar-refractivity contribution in [1.29, 1.82) is 0 Å². The van der Waals surface area contributed by atoms with E-state index >= 15 is 0 Å². The van der Waals surface area contributed by atoms with E-state index in [0.29, 0.717) is 18.7 Å². The summed E-state index contributed by atoms with van der Waals surface area (Å²) in [7, 11) is 0. The third kappa shape index (κ3) is 3.64. The standard InChI is InChI=1S/C14H16N2O4/c17-13-5-2-8-15(10-13)14(18)7-6-11-3-1-4-12(9-11)16(19)20/h1,3-4,6-7,9,13,17H,2,5,8,10H2/b7-6-/t13-/m1/s1. The summed E-state index contributed by atoms with van der Waals surface area (Å²) in [6.45, 7) is 0.979. The average Bonchev–Trinajstić information content (AvgIpc) is 2.45. The van der Waals surface area contributed by atoms with Crippen LogP contribution >= 0.6 is 0 Å². The number of nitrogens with zero attached hydrogens (tertiary/aromatic N) is 2. The molecule has 0 spiro atoms. The number of rotatable bonds is 3. The SMILES string of the molecule is O=C(/C=C\c1cccc([N+](=O)[O-])c1)N1CCC[C@@H](O)C1. The number of piperidine rings is 1. The summed E-state index contributed by atoms with van der Waals surface area (Å²) in [4.78, 5) is 23.7. The second-order valence-corrected chi connectivity index (χ2v) is 4.77. The molecule has 6 heteroatoms. The molecule has 0 bridgehead atoms. The Kier molecular flexibility index (Phi) is 4.47. The molecule has 1 aliphatic rings. The van der Waals surface area contributed by atoms with Crippen LogP contribution in [0.5, 0.6) is 0 Å². The highest BCUT2D eigenvalue weighted by atomic mass is 16.6. The van der Waals surface area contributed by atoms with Crippen LogP contribution in [0.15, 0.2) is 30.3 Å². The predicted octanol–water partition coefficient (Wildman–Crippen LogP) is 1.59. The number of hydrogen-bond donors (Lipinski definition) is 1. The summed E-state index contributed by atoms with van der Waals surface area (Å²) >= 11 is 0. The number of hydrogen-bond acceptors (Lipinski definition) is 4. The summed E-state index contributed by atoms with van der Waals surface area (Å²) in [6.07, 6.45) is 3.99. The van der Waals surface area contributed by atoms with Crippen molar-refractivity contribution in [2.75, 3.05) is 13.1 Å². The van der Waals surface area contributed by atoms with Crippen LogP contribution in [-0.4, -0.2) is 40.0 Å². The lowest BCUT2D eigenvalue weighted by Gasteiger charge is -2.29. The van der Waals surface area contributed by atoms with Crippen molar-refractivity contribution in [3.8, 4) is 0 Å². The molecule has 1 amide bonds. The second kappa shape index (κ2) is 6.29. The first kappa shape index (κ1) is 14.2. The number of non-ortho nitro benzene ring substituents is 1. The molecule has 0 radical (unpaired) electrons. The van der Waals surface area contributed by atoms with Gasteiger partial charge in [-0.05, 0) is 24.5 Å². The van der Waals surface area contributed by atoms with Gasteiger partial charge in [-0.25, -0.2) is 0 Å². The third-order valence-corrected chi connectivity index (χ3v) is 3.21. The molecule has 0 unspecified atom stereocenters. The first-order valence-corrected chi connectivity index (χ1v) is 6.46. The molecule has 1 atom stereocenters. The largest absolute Gasteiger partial charge is 0.391 e. The van der Waals surface area contributed by atoms with Crippen LogP contribution in [0.1, 0.15) is 18.4 Å². The Labute approximate surface area is 116 Å². The van der Waals surface area contributed by atoms with Gasteiger partial charge in [0.2, 0.25) is 5.91 Å². The van der Waals surface area contributed by atoms with Gasteiger partial charge in [-0.2, -0.15) is 0 Å². The minimum absolute atomic E-state index is 0.00649. The summed E-state index contributed by atoms with van der Waals surface area (Å²) < 4.78 is 0. The van der Waals surface area contributed by atoms with Crippen LogP contribution in [-0.2, 0) is 4.79 Å². The third-order valence-electron chi connectivity index (χ3n) is 3.21. The van der Waals surface area contributed by atoms with E-state index in [1.807, 2.05) is 0 Å². The van der Waals surface area contributed by atoms with Crippen molar-refractivity contribution in [3.05, 3.63) is 46.0 Å². The Morgan fingerprint density at radius 3 is 3.00 bits per heavy atom. The number of amides is 1. The number of benzene rings is 1. The summed E-state index contributed by atoms with van der Waals surface area (Å²) in [5.41, 5.74) is 0.595. The Morgan fingerprint density at radius 2 is 2.30 bits per heavy atom. The van der Waals surface area contributed by atoms with E-state index in [1.165, 1.54) is 18.2 Å². The first-order chi connectivity index (χ1) is 9.56. The minimum Gasteiger partial charge on any atom is -0.391 e. The van der Waals surface area contributed by atoms with Gasteiger partial charge in [-0.15, -0.1) is 0 Å². The number of nitro groups is 1. The fourth-order valence-electron chi connectivity index (χ4n) is 2.17. The van der Waals surface area contributed by atoms with E-state index in [4.69, 9.17) is 0 Å². The first-order valence-electron chi connectivity index (χ1n) is 6.46. The quantitative estimate of drug-likeness (QED) is 0.516. The monoisotopic (exact) mass is 276 g/mol. The van der Waals surface area contributed by atoms with E-state index < -0.39 is 11.0 Å². The minimum atomic E-state index is -0.472. The predicted molar refractivity (Wildman–Crippen MR) is 74.0 cm³/mol. The van der Waals surface area contributed by atoms with Crippen LogP contribution in [0.25, 0.3) is 6.08 Å². The molecule has 1 saturated heterocycles. The van der Waals surface area contributed by atoms with Crippen molar-refractivity contribution in [1.82, 2.24) is 4.90 Å². The average molecular weight is 276 g/mol. The van der Waals surface area contributed by atoms with Gasteiger partial charge in [-0.3, -0.25) is 14.9 Å². The summed E-state index contributed by atoms with van der Waals surface area (Å²) in [5.74, 6) is -0.185. The van der Waals surface area contributed by atoms with E-state index in [-0.39, 0.29) is 11.6 Å². The highest BCUT2D eigenvalue weighted by Gasteiger charge is 2.20. The highest BCUT2D eigenvalue weighted by Crippen LogP contribution is 2.15. The Morgan fingerprint density at radius 1 is 1.50 bits per heavy atom. The number of β-amino-alcohol motifs (C(OH)–C–C–N with tert-alkyl or cyclic N) is 1. The Bertz CT molecular complexity index is 542. The number of carbonyl (C=O) groups is 1. The zero-order valence-corrected chi connectivity index (χ0v) is 10.9. The Balaban J connectivity index is 2.03. The molecule has 1 heterocycles. The zero-order chi connectivity index (χ0) is 14.5. The number of carbonyl (C=O) groups excluding carboxylic acids is 1. The fourth-order valence-corrected chi connectivity index (χ4v) is 2.17. The molecule has 1 aliphatic heterocycles. The molecule has 20 heavy (non-hydrogen) atoms. The maximum atomic E-state index is 11.9. The molecule has 106 valence electrons. The highest BCUT2D eigenvalue weighted by molar-refractivity contribution is 5.91. The van der Waals surface area contributed by atoms with Crippen molar-refractivity contribution in [3.63, 3.8) is 0 Å². The molecular weight excluding hydrogens is 260 g/mol. The zero-order valence-electron chi connectivity index (χ0n) is 10.9. The lowest BCUT2D eigenvalue weighted by atomic mass is 10.1. The number of likely N-dealkylation sites (tertiary alicyclic amines) is 1. The summed E-state index contributed by atoms with van der Waals surface area (Å²) in [6, 6.07) is 6.09. The number of nitro benzene ring substituents is 1. The van der Waals surface area contributed by atoms with Crippen molar-refractivity contribution in [2.24, 2.45) is 0 Å². The van der Waals surface area contributed by atoms with Gasteiger partial charge in [0.1, 0.15) is 0 Å². The molecule has 0 aliphatic carbocycles. The maximum Gasteiger partial charge on any atom is 0.270 e. The van der Waals surface area contributed by atoms with Gasteiger partial charge in [0.15, 0.2) is 0 Å². The maximum absolute atomic E-state index is 11.9. The number of aliphatic hydroxyl groups excluding tert-OH is 1. The van der Waals surface area contributed by atoms with Gasteiger partial charge in [0, 0.05) is 31.3 Å². The van der Waals surface area contributed by atoms with Crippen molar-refractivity contribution in [2.45, 2.75) is 18.9 Å². The molecule has 6 nitrogen and oxygen atoms in total. The molecule has 2 rings (SSSR count). The molecule has 0 saturated carbocycles. The van der Waals surface area contributed by atoms with E-state index in [0.717, 1.165) is 12.8 Å². The second-order valence-electron chi connectivity index (χ2n) is 4.77. The molecule has 1 N–H and O–H groups in total. The van der Waals surface area contributed by atoms with Gasteiger partial charge in [-0.1, -0.05) is 12.1 Å². The smallest absolute Gasteiger partial charge is 0.270 e. The lowest BCUT2D eigenvalue weighted by molar-refractivity contribution is -0.384. The molecule has 0 aromatic heterocycles. The number of aliphatic hydroxyl groups is 1. The van der Waals surface area contributed by atoms with Gasteiger partial charge >= 0.3 is 0 Å². The fraction of sp³-hybridized carbons (Fsp3) is 0.357. The van der Waals surface area contributed by atoms with Crippen LogP contribution in [0.4, 0.5) is 5.69 Å².